The molecule has 1 aromatic heterocycles. The Bertz CT molecular complexity index is 850. The molecule has 2 aromatic rings. The van der Waals surface area contributed by atoms with E-state index in [1.165, 1.54) is 4.68 Å². The lowest BCUT2D eigenvalue weighted by Gasteiger charge is -2.31. The van der Waals surface area contributed by atoms with Crippen LogP contribution in [-0.2, 0) is 30.5 Å². The summed E-state index contributed by atoms with van der Waals surface area (Å²) in [6.45, 7) is 5.63. The Balaban J connectivity index is 1.61. The molecular formula is C20H27F3N4O2. The van der Waals surface area contributed by atoms with Crippen molar-refractivity contribution in [2.45, 2.75) is 51.5 Å². The summed E-state index contributed by atoms with van der Waals surface area (Å²) in [5.74, 6) is 1.03. The Labute approximate surface area is 167 Å². The third-order valence-electron chi connectivity index (χ3n) is 5.42. The molecule has 0 saturated carbocycles. The van der Waals surface area contributed by atoms with Crippen LogP contribution in [0.3, 0.4) is 0 Å². The minimum Gasteiger partial charge on any atom is -0.383 e. The molecule has 0 spiro atoms. The van der Waals surface area contributed by atoms with Crippen LogP contribution >= 0.6 is 0 Å². The van der Waals surface area contributed by atoms with Crippen molar-refractivity contribution in [3.8, 4) is 0 Å². The molecular weight excluding hydrogens is 385 g/mol. The first kappa shape index (κ1) is 21.6. The highest BCUT2D eigenvalue weighted by Crippen LogP contribution is 2.30. The molecule has 2 heterocycles. The predicted octanol–water partition coefficient (Wildman–Crippen LogP) is 3.11. The molecule has 6 nitrogen and oxygen atoms in total. The summed E-state index contributed by atoms with van der Waals surface area (Å²) >= 11 is 0. The lowest BCUT2D eigenvalue weighted by molar-refractivity contribution is -0.137. The van der Waals surface area contributed by atoms with Gasteiger partial charge in [0.25, 0.3) is 0 Å². The van der Waals surface area contributed by atoms with E-state index in [1.807, 2.05) is 6.92 Å². The maximum atomic E-state index is 12.7. The summed E-state index contributed by atoms with van der Waals surface area (Å²) < 4.78 is 46.3. The largest absolute Gasteiger partial charge is 0.416 e. The van der Waals surface area contributed by atoms with Gasteiger partial charge in [-0.25, -0.2) is 9.48 Å². The number of methoxy groups -OCH3 is 1. The highest BCUT2D eigenvalue weighted by Gasteiger charge is 2.30. The van der Waals surface area contributed by atoms with E-state index in [-0.39, 0.29) is 11.6 Å². The normalized spacial score (nSPS) is 16.4. The van der Waals surface area contributed by atoms with Crippen LogP contribution in [0.4, 0.5) is 13.2 Å². The summed E-state index contributed by atoms with van der Waals surface area (Å²) in [6.07, 6.45) is -2.58. The molecule has 1 aromatic carbocycles. The van der Waals surface area contributed by atoms with Gasteiger partial charge in [0.05, 0.1) is 18.7 Å². The van der Waals surface area contributed by atoms with Gasteiger partial charge in [0, 0.05) is 26.1 Å². The van der Waals surface area contributed by atoms with E-state index in [2.05, 4.69) is 10.00 Å². The number of hydrogen-bond donors (Lipinski definition) is 0. The Morgan fingerprint density at radius 1 is 1.17 bits per heavy atom. The third kappa shape index (κ3) is 5.08. The second-order valence-electron chi connectivity index (χ2n) is 7.35. The van der Waals surface area contributed by atoms with E-state index in [0.717, 1.165) is 49.5 Å². The van der Waals surface area contributed by atoms with Gasteiger partial charge in [0.1, 0.15) is 5.82 Å². The number of halogens is 3. The van der Waals surface area contributed by atoms with E-state index in [4.69, 9.17) is 4.74 Å². The Morgan fingerprint density at radius 3 is 2.38 bits per heavy atom. The average Bonchev–Trinajstić information content (AvgIpc) is 3.02. The molecule has 1 aliphatic heterocycles. The van der Waals surface area contributed by atoms with Gasteiger partial charge >= 0.3 is 11.9 Å². The quantitative estimate of drug-likeness (QED) is 0.701. The first-order valence-electron chi connectivity index (χ1n) is 9.88. The Hall–Kier alpha value is -2.13. The molecule has 1 fully saturated rings. The molecule has 0 aliphatic carbocycles. The second-order valence-corrected chi connectivity index (χ2v) is 7.35. The zero-order valence-corrected chi connectivity index (χ0v) is 16.8. The number of alkyl halides is 3. The Morgan fingerprint density at radius 2 is 1.83 bits per heavy atom. The fourth-order valence-electron chi connectivity index (χ4n) is 3.79. The van der Waals surface area contributed by atoms with Gasteiger partial charge in [0.15, 0.2) is 0 Å². The number of hydrogen-bond acceptors (Lipinski definition) is 4. The number of nitrogens with zero attached hydrogens (tertiary/aromatic N) is 4. The SMILES string of the molecule is CCn1c(C2CCN(Cc3ccc(C(F)(F)F)cc3)CC2)nn(CCOC)c1=O. The molecule has 3 rings (SSSR count). The topological polar surface area (TPSA) is 52.3 Å². The van der Waals surface area contributed by atoms with Crippen molar-refractivity contribution in [1.82, 2.24) is 19.2 Å². The van der Waals surface area contributed by atoms with Crippen LogP contribution in [0, 0.1) is 0 Å². The number of piperidine rings is 1. The monoisotopic (exact) mass is 412 g/mol. The molecule has 9 heteroatoms. The zero-order chi connectivity index (χ0) is 21.0. The maximum absolute atomic E-state index is 12.7. The molecule has 29 heavy (non-hydrogen) atoms. The van der Waals surface area contributed by atoms with Crippen molar-refractivity contribution < 1.29 is 17.9 Å². The first-order chi connectivity index (χ1) is 13.8. The average molecular weight is 412 g/mol. The summed E-state index contributed by atoms with van der Waals surface area (Å²) in [7, 11) is 1.59. The van der Waals surface area contributed by atoms with Crippen molar-refractivity contribution in [3.63, 3.8) is 0 Å². The summed E-state index contributed by atoms with van der Waals surface area (Å²) in [4.78, 5) is 14.7. The number of rotatable bonds is 7. The second kappa shape index (κ2) is 9.13. The highest BCUT2D eigenvalue weighted by molar-refractivity contribution is 5.24. The summed E-state index contributed by atoms with van der Waals surface area (Å²) in [6, 6.07) is 5.35. The molecule has 1 aliphatic rings. The van der Waals surface area contributed by atoms with E-state index in [1.54, 1.807) is 23.8 Å². The minimum absolute atomic E-state index is 0.105. The number of aromatic nitrogens is 3. The molecule has 0 amide bonds. The molecule has 0 bridgehead atoms. The van der Waals surface area contributed by atoms with Crippen LogP contribution in [0.1, 0.15) is 42.6 Å². The number of likely N-dealkylation sites (tertiary alicyclic amines) is 1. The minimum atomic E-state index is -4.31. The van der Waals surface area contributed by atoms with Crippen LogP contribution < -0.4 is 5.69 Å². The fourth-order valence-corrected chi connectivity index (χ4v) is 3.79. The lowest BCUT2D eigenvalue weighted by Crippen LogP contribution is -2.33. The summed E-state index contributed by atoms with van der Waals surface area (Å²) in [5.41, 5.74) is 0.138. The van der Waals surface area contributed by atoms with Gasteiger partial charge in [-0.15, -0.1) is 0 Å². The summed E-state index contributed by atoms with van der Waals surface area (Å²) in [5, 5.41) is 4.55. The van der Waals surface area contributed by atoms with Gasteiger partial charge in [-0.3, -0.25) is 9.47 Å². The standard InChI is InChI=1S/C20H27F3N4O2/c1-3-26-18(24-27(19(26)28)12-13-29-2)16-8-10-25(11-9-16)14-15-4-6-17(7-5-15)20(21,22)23/h4-7,16H,3,8-14H2,1-2H3. The van der Waals surface area contributed by atoms with Crippen molar-refractivity contribution in [2.24, 2.45) is 0 Å². The number of benzene rings is 1. The van der Waals surface area contributed by atoms with Crippen LogP contribution in [0.25, 0.3) is 0 Å². The zero-order valence-electron chi connectivity index (χ0n) is 16.8. The highest BCUT2D eigenvalue weighted by atomic mass is 19.4. The van der Waals surface area contributed by atoms with Crippen LogP contribution in [-0.4, -0.2) is 46.1 Å². The van der Waals surface area contributed by atoms with Crippen LogP contribution in [0.5, 0.6) is 0 Å². The van der Waals surface area contributed by atoms with Crippen molar-refractivity contribution >= 4 is 0 Å². The Kier molecular flexibility index (Phi) is 6.79. The predicted molar refractivity (Wildman–Crippen MR) is 103 cm³/mol. The van der Waals surface area contributed by atoms with Crippen molar-refractivity contribution in [3.05, 3.63) is 51.7 Å². The van der Waals surface area contributed by atoms with Crippen LogP contribution in [0.2, 0.25) is 0 Å². The van der Waals surface area contributed by atoms with E-state index in [9.17, 15) is 18.0 Å². The molecule has 160 valence electrons. The van der Waals surface area contributed by atoms with Crippen LogP contribution in [0.15, 0.2) is 29.1 Å². The van der Waals surface area contributed by atoms with Gasteiger partial charge in [-0.05, 0) is 50.6 Å². The molecule has 0 N–H and O–H groups in total. The third-order valence-corrected chi connectivity index (χ3v) is 5.42. The molecule has 1 saturated heterocycles. The molecule has 0 atom stereocenters. The smallest absolute Gasteiger partial charge is 0.383 e. The van der Waals surface area contributed by atoms with Gasteiger partial charge in [-0.1, -0.05) is 12.1 Å². The number of ether oxygens (including phenoxy) is 1. The van der Waals surface area contributed by atoms with Gasteiger partial charge < -0.3 is 4.74 Å². The molecule has 0 unspecified atom stereocenters. The van der Waals surface area contributed by atoms with Crippen molar-refractivity contribution in [2.75, 3.05) is 26.8 Å². The van der Waals surface area contributed by atoms with Gasteiger partial charge in [-0.2, -0.15) is 18.3 Å². The van der Waals surface area contributed by atoms with Gasteiger partial charge in [0.2, 0.25) is 0 Å². The van der Waals surface area contributed by atoms with E-state index >= 15 is 0 Å². The van der Waals surface area contributed by atoms with E-state index in [0.29, 0.717) is 26.2 Å². The van der Waals surface area contributed by atoms with Crippen molar-refractivity contribution in [1.29, 1.82) is 0 Å². The first-order valence-corrected chi connectivity index (χ1v) is 9.88. The molecule has 0 radical (unpaired) electrons. The maximum Gasteiger partial charge on any atom is 0.416 e. The lowest BCUT2D eigenvalue weighted by atomic mass is 9.95. The fraction of sp³-hybridized carbons (Fsp3) is 0.600. The van der Waals surface area contributed by atoms with E-state index < -0.39 is 11.7 Å².